The van der Waals surface area contributed by atoms with Gasteiger partial charge in [0.05, 0.1) is 6.10 Å². The smallest absolute Gasteiger partial charge is 0.126 e. The molecule has 1 atom stereocenters. The van der Waals surface area contributed by atoms with Crippen molar-refractivity contribution in [3.63, 3.8) is 0 Å². The minimum Gasteiger partial charge on any atom is -0.389 e. The molecular formula is C15H25FN2O. The van der Waals surface area contributed by atoms with Crippen molar-refractivity contribution < 1.29 is 9.50 Å². The summed E-state index contributed by atoms with van der Waals surface area (Å²) < 4.78 is 13.6. The second-order valence-electron chi connectivity index (χ2n) is 5.41. The standard InChI is InChI=1S/C15H25FN2O/c1-11-9-15(13(12(2)19)10-14(11)16)18(5)8-6-7-17(3)4/h9-10,12,19H,6-8H2,1-5H3. The Labute approximate surface area is 115 Å². The Morgan fingerprint density at radius 2 is 1.84 bits per heavy atom. The van der Waals surface area contributed by atoms with Gasteiger partial charge in [-0.05, 0) is 58.6 Å². The third-order valence-corrected chi connectivity index (χ3v) is 3.27. The third kappa shape index (κ3) is 4.48. The average Bonchev–Trinajstić information content (AvgIpc) is 2.31. The SMILES string of the molecule is Cc1cc(N(C)CCCN(C)C)c(C(C)O)cc1F. The Morgan fingerprint density at radius 1 is 1.21 bits per heavy atom. The van der Waals surface area contributed by atoms with E-state index in [9.17, 15) is 9.50 Å². The van der Waals surface area contributed by atoms with Crippen LogP contribution in [0.5, 0.6) is 0 Å². The summed E-state index contributed by atoms with van der Waals surface area (Å²) in [5.41, 5.74) is 2.17. The Kier molecular flexibility index (Phi) is 5.76. The molecule has 108 valence electrons. The quantitative estimate of drug-likeness (QED) is 0.859. The molecule has 0 aliphatic carbocycles. The fraction of sp³-hybridized carbons (Fsp3) is 0.600. The topological polar surface area (TPSA) is 26.7 Å². The number of hydrogen-bond donors (Lipinski definition) is 1. The van der Waals surface area contributed by atoms with Crippen LogP contribution in [0.25, 0.3) is 0 Å². The van der Waals surface area contributed by atoms with Crippen molar-refractivity contribution in [2.45, 2.75) is 26.4 Å². The Bertz CT molecular complexity index is 419. The van der Waals surface area contributed by atoms with Gasteiger partial charge in [-0.25, -0.2) is 4.39 Å². The molecule has 1 N–H and O–H groups in total. The summed E-state index contributed by atoms with van der Waals surface area (Å²) >= 11 is 0. The number of nitrogens with zero attached hydrogens (tertiary/aromatic N) is 2. The molecule has 19 heavy (non-hydrogen) atoms. The van der Waals surface area contributed by atoms with Gasteiger partial charge in [0.25, 0.3) is 0 Å². The summed E-state index contributed by atoms with van der Waals surface area (Å²) in [7, 11) is 6.07. The molecule has 0 saturated heterocycles. The van der Waals surface area contributed by atoms with Crippen molar-refractivity contribution in [1.82, 2.24) is 4.90 Å². The molecule has 0 aliphatic rings. The summed E-state index contributed by atoms with van der Waals surface area (Å²) in [6.07, 6.45) is 0.362. The van der Waals surface area contributed by atoms with Crippen molar-refractivity contribution >= 4 is 5.69 Å². The summed E-state index contributed by atoms with van der Waals surface area (Å²) in [4.78, 5) is 4.22. The maximum absolute atomic E-state index is 13.6. The van der Waals surface area contributed by atoms with Gasteiger partial charge in [-0.3, -0.25) is 0 Å². The highest BCUT2D eigenvalue weighted by atomic mass is 19.1. The molecule has 1 rings (SSSR count). The number of aryl methyl sites for hydroxylation is 1. The molecule has 0 bridgehead atoms. The van der Waals surface area contributed by atoms with Gasteiger partial charge in [0.15, 0.2) is 0 Å². The Balaban J connectivity index is 2.88. The first-order chi connectivity index (χ1) is 8.82. The highest BCUT2D eigenvalue weighted by molar-refractivity contribution is 5.56. The number of benzene rings is 1. The Morgan fingerprint density at radius 3 is 2.37 bits per heavy atom. The zero-order valence-corrected chi connectivity index (χ0v) is 12.6. The highest BCUT2D eigenvalue weighted by Crippen LogP contribution is 2.28. The molecule has 1 aromatic carbocycles. The number of halogens is 1. The van der Waals surface area contributed by atoms with E-state index in [0.717, 1.165) is 25.2 Å². The molecule has 0 fully saturated rings. The predicted molar refractivity (Wildman–Crippen MR) is 78.2 cm³/mol. The van der Waals surface area contributed by atoms with Crippen LogP contribution in [0.1, 0.15) is 30.6 Å². The van der Waals surface area contributed by atoms with Gasteiger partial charge in [0, 0.05) is 24.8 Å². The van der Waals surface area contributed by atoms with Crippen molar-refractivity contribution in [1.29, 1.82) is 0 Å². The molecule has 0 radical (unpaired) electrons. The van der Waals surface area contributed by atoms with Crippen LogP contribution in [0, 0.1) is 12.7 Å². The molecule has 0 aromatic heterocycles. The van der Waals surface area contributed by atoms with Crippen LogP contribution in [0.3, 0.4) is 0 Å². The zero-order valence-electron chi connectivity index (χ0n) is 12.6. The third-order valence-electron chi connectivity index (χ3n) is 3.27. The van der Waals surface area contributed by atoms with Crippen molar-refractivity contribution in [2.75, 3.05) is 39.1 Å². The normalized spacial score (nSPS) is 12.8. The summed E-state index contributed by atoms with van der Waals surface area (Å²) in [6.45, 7) is 5.30. The molecule has 0 spiro atoms. The maximum atomic E-state index is 13.6. The zero-order chi connectivity index (χ0) is 14.6. The summed E-state index contributed by atoms with van der Waals surface area (Å²) in [5, 5.41) is 9.78. The number of rotatable bonds is 6. The number of hydrogen-bond acceptors (Lipinski definition) is 3. The van der Waals surface area contributed by atoms with E-state index in [2.05, 4.69) is 9.80 Å². The van der Waals surface area contributed by atoms with E-state index in [1.54, 1.807) is 13.8 Å². The van der Waals surface area contributed by atoms with Gasteiger partial charge in [0.1, 0.15) is 5.82 Å². The van der Waals surface area contributed by atoms with E-state index in [-0.39, 0.29) is 5.82 Å². The monoisotopic (exact) mass is 268 g/mol. The lowest BCUT2D eigenvalue weighted by molar-refractivity contribution is 0.199. The second kappa shape index (κ2) is 6.87. The van der Waals surface area contributed by atoms with Crippen LogP contribution in [0.2, 0.25) is 0 Å². The van der Waals surface area contributed by atoms with Crippen LogP contribution >= 0.6 is 0 Å². The van der Waals surface area contributed by atoms with Crippen LogP contribution in [0.15, 0.2) is 12.1 Å². The summed E-state index contributed by atoms with van der Waals surface area (Å²) in [6, 6.07) is 3.25. The van der Waals surface area contributed by atoms with Crippen LogP contribution in [0.4, 0.5) is 10.1 Å². The van der Waals surface area contributed by atoms with E-state index in [1.165, 1.54) is 6.07 Å². The van der Waals surface area contributed by atoms with Gasteiger partial charge < -0.3 is 14.9 Å². The minimum atomic E-state index is -0.665. The van der Waals surface area contributed by atoms with E-state index < -0.39 is 6.10 Å². The van der Waals surface area contributed by atoms with Crippen LogP contribution in [-0.4, -0.2) is 44.2 Å². The molecule has 1 unspecified atom stereocenters. The van der Waals surface area contributed by atoms with E-state index in [1.807, 2.05) is 27.2 Å². The van der Waals surface area contributed by atoms with Gasteiger partial charge in [-0.1, -0.05) is 0 Å². The van der Waals surface area contributed by atoms with Crippen LogP contribution in [-0.2, 0) is 0 Å². The lowest BCUT2D eigenvalue weighted by atomic mass is 10.0. The van der Waals surface area contributed by atoms with Gasteiger partial charge in [-0.15, -0.1) is 0 Å². The van der Waals surface area contributed by atoms with Gasteiger partial charge in [0.2, 0.25) is 0 Å². The second-order valence-corrected chi connectivity index (χ2v) is 5.41. The number of anilines is 1. The van der Waals surface area contributed by atoms with Crippen molar-refractivity contribution in [2.24, 2.45) is 0 Å². The predicted octanol–water partition coefficient (Wildman–Crippen LogP) is 2.58. The fourth-order valence-electron chi connectivity index (χ4n) is 2.09. The Hall–Kier alpha value is -1.13. The number of aliphatic hydroxyl groups is 1. The van der Waals surface area contributed by atoms with E-state index in [4.69, 9.17) is 0 Å². The van der Waals surface area contributed by atoms with Gasteiger partial charge >= 0.3 is 0 Å². The minimum absolute atomic E-state index is 0.263. The van der Waals surface area contributed by atoms with E-state index in [0.29, 0.717) is 11.1 Å². The first-order valence-corrected chi connectivity index (χ1v) is 6.67. The lowest BCUT2D eigenvalue weighted by Crippen LogP contribution is -2.24. The van der Waals surface area contributed by atoms with Crippen LogP contribution < -0.4 is 4.90 Å². The molecule has 0 aliphatic heterocycles. The molecule has 3 nitrogen and oxygen atoms in total. The lowest BCUT2D eigenvalue weighted by Gasteiger charge is -2.25. The first-order valence-electron chi connectivity index (χ1n) is 6.67. The molecule has 0 amide bonds. The molecule has 4 heteroatoms. The largest absolute Gasteiger partial charge is 0.389 e. The fourth-order valence-corrected chi connectivity index (χ4v) is 2.09. The molecule has 1 aromatic rings. The van der Waals surface area contributed by atoms with Crippen molar-refractivity contribution in [3.8, 4) is 0 Å². The highest BCUT2D eigenvalue weighted by Gasteiger charge is 2.14. The first kappa shape index (κ1) is 15.9. The molecule has 0 saturated carbocycles. The van der Waals surface area contributed by atoms with E-state index >= 15 is 0 Å². The maximum Gasteiger partial charge on any atom is 0.126 e. The average molecular weight is 268 g/mol. The van der Waals surface area contributed by atoms with Gasteiger partial charge in [-0.2, -0.15) is 0 Å². The molecular weight excluding hydrogens is 243 g/mol. The summed E-state index contributed by atoms with van der Waals surface area (Å²) in [5.74, 6) is -0.263. The molecule has 0 heterocycles. The number of aliphatic hydroxyl groups excluding tert-OH is 1. The van der Waals surface area contributed by atoms with Crippen molar-refractivity contribution in [3.05, 3.63) is 29.1 Å².